The van der Waals surface area contributed by atoms with Gasteiger partial charge in [-0.2, -0.15) is 13.2 Å². The normalized spacial score (nSPS) is 22.3. The molecular weight excluding hydrogens is 352 g/mol. The number of carbonyl (C=O) groups is 1. The minimum atomic E-state index is -5.07. The van der Waals surface area contributed by atoms with E-state index in [1.165, 1.54) is 18.2 Å². The summed E-state index contributed by atoms with van der Waals surface area (Å²) in [6.07, 6.45) is -4.21. The highest BCUT2D eigenvalue weighted by molar-refractivity contribution is 9.10. The Labute approximate surface area is 118 Å². The number of benzene rings is 1. The van der Waals surface area contributed by atoms with E-state index in [0.717, 1.165) is 6.08 Å². The van der Waals surface area contributed by atoms with Crippen molar-refractivity contribution in [2.75, 3.05) is 0 Å². The van der Waals surface area contributed by atoms with Crippen molar-refractivity contribution in [3.8, 4) is 5.75 Å². The first-order valence-corrected chi connectivity index (χ1v) is 6.02. The third-order valence-corrected chi connectivity index (χ3v) is 3.45. The molecule has 1 atom stereocenters. The van der Waals surface area contributed by atoms with Gasteiger partial charge in [-0.15, -0.1) is 0 Å². The van der Waals surface area contributed by atoms with Crippen LogP contribution in [0.2, 0.25) is 0 Å². The Morgan fingerprint density at radius 3 is 2.58 bits per heavy atom. The average Bonchev–Trinajstić information content (AvgIpc) is 2.27. The minimum Gasteiger partial charge on any atom is -0.478 e. The zero-order valence-electron chi connectivity index (χ0n) is 8.96. The zero-order valence-corrected chi connectivity index (χ0v) is 11.3. The molecule has 0 aromatic heterocycles. The molecule has 102 valence electrons. The van der Waals surface area contributed by atoms with E-state index >= 15 is 0 Å². The molecule has 8 heteroatoms. The number of halogens is 5. The molecule has 0 aliphatic carbocycles. The van der Waals surface area contributed by atoms with Crippen molar-refractivity contribution in [1.29, 1.82) is 0 Å². The Balaban J connectivity index is 2.65. The predicted molar refractivity (Wildman–Crippen MR) is 65.0 cm³/mol. The molecule has 0 spiro atoms. The Bertz CT molecular complexity index is 585. The zero-order chi connectivity index (χ0) is 14.4. The van der Waals surface area contributed by atoms with E-state index in [0.29, 0.717) is 4.47 Å². The molecule has 1 aromatic rings. The summed E-state index contributed by atoms with van der Waals surface area (Å²) in [7, 11) is 0. The quantitative estimate of drug-likeness (QED) is 0.778. The SMILES string of the molecule is O=C(O)C1=Cc2cc(Br)ccc2OC1(Cl)C(F)(F)F. The van der Waals surface area contributed by atoms with Crippen LogP contribution in [-0.2, 0) is 4.79 Å². The van der Waals surface area contributed by atoms with Crippen molar-refractivity contribution in [3.63, 3.8) is 0 Å². The van der Waals surface area contributed by atoms with Gasteiger partial charge in [0.05, 0.1) is 0 Å². The number of rotatable bonds is 1. The number of alkyl halides is 4. The second-order valence-electron chi connectivity index (χ2n) is 3.74. The highest BCUT2D eigenvalue weighted by Crippen LogP contribution is 2.48. The fraction of sp³-hybridized carbons (Fsp3) is 0.182. The first-order chi connectivity index (χ1) is 8.65. The van der Waals surface area contributed by atoms with Crippen LogP contribution in [0.25, 0.3) is 6.08 Å². The van der Waals surface area contributed by atoms with Crippen LogP contribution in [-0.4, -0.2) is 22.3 Å². The van der Waals surface area contributed by atoms with Crippen LogP contribution in [0.1, 0.15) is 5.56 Å². The van der Waals surface area contributed by atoms with Crippen LogP contribution in [0.5, 0.6) is 5.75 Å². The second-order valence-corrected chi connectivity index (χ2v) is 5.19. The molecule has 1 aliphatic heterocycles. The van der Waals surface area contributed by atoms with Gasteiger partial charge in [-0.1, -0.05) is 27.5 Å². The van der Waals surface area contributed by atoms with Crippen molar-refractivity contribution >= 4 is 39.6 Å². The maximum absolute atomic E-state index is 12.9. The number of carboxylic acid groups (broad SMARTS) is 1. The monoisotopic (exact) mass is 356 g/mol. The predicted octanol–water partition coefficient (Wildman–Crippen LogP) is 3.81. The third-order valence-electron chi connectivity index (χ3n) is 2.46. The van der Waals surface area contributed by atoms with Gasteiger partial charge in [-0.25, -0.2) is 4.79 Å². The van der Waals surface area contributed by atoms with E-state index < -0.39 is 22.8 Å². The summed E-state index contributed by atoms with van der Waals surface area (Å²) in [6, 6.07) is 4.18. The first-order valence-electron chi connectivity index (χ1n) is 4.85. The topological polar surface area (TPSA) is 46.5 Å². The highest BCUT2D eigenvalue weighted by atomic mass is 79.9. The molecule has 3 nitrogen and oxygen atoms in total. The lowest BCUT2D eigenvalue weighted by atomic mass is 10.0. The average molecular weight is 358 g/mol. The van der Waals surface area contributed by atoms with Crippen LogP contribution >= 0.6 is 27.5 Å². The fourth-order valence-electron chi connectivity index (χ4n) is 1.59. The summed E-state index contributed by atoms with van der Waals surface area (Å²) >= 11 is 8.50. The Morgan fingerprint density at radius 2 is 2.05 bits per heavy atom. The van der Waals surface area contributed by atoms with Crippen LogP contribution in [0.15, 0.2) is 28.2 Å². The van der Waals surface area contributed by atoms with E-state index in [1.807, 2.05) is 0 Å². The summed E-state index contributed by atoms with van der Waals surface area (Å²) in [4.78, 5) is 11.0. The molecule has 0 fully saturated rings. The van der Waals surface area contributed by atoms with Crippen LogP contribution < -0.4 is 4.74 Å². The molecular formula is C11H5BrClF3O3. The number of carboxylic acids is 1. The Hall–Kier alpha value is -1.21. The van der Waals surface area contributed by atoms with E-state index in [1.54, 1.807) is 0 Å². The maximum Gasteiger partial charge on any atom is 0.448 e. The van der Waals surface area contributed by atoms with Gasteiger partial charge in [0.2, 0.25) is 0 Å². The summed E-state index contributed by atoms with van der Waals surface area (Å²) in [5, 5.41) is 5.50. The molecule has 19 heavy (non-hydrogen) atoms. The van der Waals surface area contributed by atoms with Crippen LogP contribution in [0.4, 0.5) is 13.2 Å². The van der Waals surface area contributed by atoms with E-state index in [2.05, 4.69) is 20.7 Å². The van der Waals surface area contributed by atoms with Gasteiger partial charge in [0, 0.05) is 10.0 Å². The summed E-state index contributed by atoms with van der Waals surface area (Å²) < 4.78 is 44.1. The lowest BCUT2D eigenvalue weighted by molar-refractivity contribution is -0.204. The number of hydrogen-bond donors (Lipinski definition) is 1. The van der Waals surface area contributed by atoms with Gasteiger partial charge < -0.3 is 9.84 Å². The van der Waals surface area contributed by atoms with Gasteiger partial charge in [0.15, 0.2) is 0 Å². The smallest absolute Gasteiger partial charge is 0.448 e. The largest absolute Gasteiger partial charge is 0.478 e. The molecule has 0 saturated carbocycles. The molecule has 1 heterocycles. The van der Waals surface area contributed by atoms with Gasteiger partial charge >= 0.3 is 17.2 Å². The van der Waals surface area contributed by atoms with Crippen molar-refractivity contribution in [2.24, 2.45) is 0 Å². The lowest BCUT2D eigenvalue weighted by Crippen LogP contribution is -2.50. The Morgan fingerprint density at radius 1 is 1.42 bits per heavy atom. The van der Waals surface area contributed by atoms with E-state index in [-0.39, 0.29) is 11.3 Å². The lowest BCUT2D eigenvalue weighted by Gasteiger charge is -2.34. The van der Waals surface area contributed by atoms with E-state index in [9.17, 15) is 18.0 Å². The van der Waals surface area contributed by atoms with Crippen molar-refractivity contribution < 1.29 is 27.8 Å². The summed E-state index contributed by atoms with van der Waals surface area (Å²) in [5.41, 5.74) is -0.875. The molecule has 1 unspecified atom stereocenters. The maximum atomic E-state index is 12.9. The summed E-state index contributed by atoms with van der Waals surface area (Å²) in [6.45, 7) is 0. The second kappa shape index (κ2) is 4.42. The summed E-state index contributed by atoms with van der Waals surface area (Å²) in [5.74, 6) is -1.93. The molecule has 0 bridgehead atoms. The van der Waals surface area contributed by atoms with Gasteiger partial charge in [0.25, 0.3) is 0 Å². The molecule has 1 aromatic carbocycles. The number of ether oxygens (including phenoxy) is 1. The van der Waals surface area contributed by atoms with Crippen LogP contribution in [0.3, 0.4) is 0 Å². The number of aliphatic carboxylic acids is 1. The third kappa shape index (κ3) is 2.32. The Kier molecular flexibility index (Phi) is 3.30. The molecule has 1 N–H and O–H groups in total. The standard InChI is InChI=1S/C11H5BrClF3O3/c12-6-1-2-8-5(3-6)4-7(9(17)18)10(13,19-8)11(14,15)16/h1-4H,(H,17,18). The van der Waals surface area contributed by atoms with Crippen molar-refractivity contribution in [1.82, 2.24) is 0 Å². The molecule has 0 saturated heterocycles. The fourth-order valence-corrected chi connectivity index (χ4v) is 2.19. The molecule has 0 amide bonds. The highest BCUT2D eigenvalue weighted by Gasteiger charge is 2.62. The van der Waals surface area contributed by atoms with Gasteiger partial charge in [-0.05, 0) is 24.3 Å². The van der Waals surface area contributed by atoms with E-state index in [4.69, 9.17) is 16.7 Å². The van der Waals surface area contributed by atoms with Crippen LogP contribution in [0, 0.1) is 0 Å². The van der Waals surface area contributed by atoms with Crippen molar-refractivity contribution in [2.45, 2.75) is 11.2 Å². The molecule has 1 aliphatic rings. The molecule has 2 rings (SSSR count). The minimum absolute atomic E-state index is 0.138. The first kappa shape index (κ1) is 14.2. The van der Waals surface area contributed by atoms with Crippen molar-refractivity contribution in [3.05, 3.63) is 33.8 Å². The molecule has 0 radical (unpaired) electrons. The van der Waals surface area contributed by atoms with Gasteiger partial charge in [0.1, 0.15) is 11.3 Å². The van der Waals surface area contributed by atoms with Gasteiger partial charge in [-0.3, -0.25) is 0 Å². The number of fused-ring (bicyclic) bond motifs is 1. The number of hydrogen-bond acceptors (Lipinski definition) is 2.